The van der Waals surface area contributed by atoms with Crippen molar-refractivity contribution >= 4 is 35.1 Å². The number of hydrogen-bond acceptors (Lipinski definition) is 4. The fourth-order valence-electron chi connectivity index (χ4n) is 2.48. The van der Waals surface area contributed by atoms with Gasteiger partial charge in [-0.05, 0) is 37.5 Å². The van der Waals surface area contributed by atoms with Gasteiger partial charge in [0.15, 0.2) is 5.75 Å². The summed E-state index contributed by atoms with van der Waals surface area (Å²) < 4.78 is 4.99. The number of phenols is 1. The van der Waals surface area contributed by atoms with Gasteiger partial charge in [0.25, 0.3) is 0 Å². The smallest absolute Gasteiger partial charge is 0.313 e. The Kier molecular flexibility index (Phi) is 4.35. The van der Waals surface area contributed by atoms with Crippen molar-refractivity contribution in [2.24, 2.45) is 11.3 Å². The second-order valence-electron chi connectivity index (χ2n) is 5.06. The minimum Gasteiger partial charge on any atom is -0.505 e. The molecule has 0 spiro atoms. The van der Waals surface area contributed by atoms with E-state index >= 15 is 0 Å². The van der Waals surface area contributed by atoms with Crippen LogP contribution in [0, 0.1) is 11.3 Å². The van der Waals surface area contributed by atoms with E-state index in [-0.39, 0.29) is 35.2 Å². The lowest BCUT2D eigenvalue weighted by atomic mass is 9.93. The Bertz CT molecular complexity index is 578. The topological polar surface area (TPSA) is 83.8 Å². The summed E-state index contributed by atoms with van der Waals surface area (Å²) in [5.41, 5.74) is -0.495. The third kappa shape index (κ3) is 2.94. The first-order chi connectivity index (χ1) is 9.81. The predicted molar refractivity (Wildman–Crippen MR) is 76.6 cm³/mol. The van der Waals surface area contributed by atoms with Crippen molar-refractivity contribution in [1.29, 1.82) is 0 Å². The van der Waals surface area contributed by atoms with Crippen LogP contribution in [-0.4, -0.2) is 28.8 Å². The van der Waals surface area contributed by atoms with Crippen LogP contribution in [0.3, 0.4) is 0 Å². The van der Waals surface area contributed by atoms with Crippen LogP contribution in [0.2, 0.25) is 10.0 Å². The van der Waals surface area contributed by atoms with Crippen LogP contribution in [0.15, 0.2) is 12.1 Å². The number of hydrogen-bond donors (Lipinski definition) is 2. The van der Waals surface area contributed by atoms with Crippen LogP contribution >= 0.6 is 23.2 Å². The Morgan fingerprint density at radius 1 is 1.38 bits per heavy atom. The van der Waals surface area contributed by atoms with Crippen LogP contribution in [0.5, 0.6) is 5.75 Å². The number of carboxylic acids is 1. The zero-order valence-electron chi connectivity index (χ0n) is 11.2. The molecule has 1 aliphatic rings. The van der Waals surface area contributed by atoms with Gasteiger partial charge >= 0.3 is 11.9 Å². The number of ether oxygens (including phenoxy) is 1. The normalized spacial score (nSPS) is 23.7. The van der Waals surface area contributed by atoms with Gasteiger partial charge in [0.2, 0.25) is 0 Å². The molecule has 1 aromatic rings. The molecule has 7 heteroatoms. The summed E-state index contributed by atoms with van der Waals surface area (Å²) in [7, 11) is 0. The predicted octanol–water partition coefficient (Wildman–Crippen LogP) is 2.90. The maximum atomic E-state index is 12.1. The van der Waals surface area contributed by atoms with Gasteiger partial charge in [-0.2, -0.15) is 0 Å². The van der Waals surface area contributed by atoms with Gasteiger partial charge in [0, 0.05) is 0 Å². The van der Waals surface area contributed by atoms with Crippen LogP contribution < -0.4 is 0 Å². The molecule has 0 heterocycles. The molecule has 1 unspecified atom stereocenters. The largest absolute Gasteiger partial charge is 0.505 e. The van der Waals surface area contributed by atoms with Gasteiger partial charge in [-0.25, -0.2) is 0 Å². The number of rotatable bonds is 5. The van der Waals surface area contributed by atoms with E-state index in [4.69, 9.17) is 33.0 Å². The molecule has 2 N–H and O–H groups in total. The molecule has 0 aromatic heterocycles. The van der Waals surface area contributed by atoms with Crippen molar-refractivity contribution in [3.63, 3.8) is 0 Å². The summed E-state index contributed by atoms with van der Waals surface area (Å²) in [4.78, 5) is 23.2. The number of halogens is 2. The van der Waals surface area contributed by atoms with Crippen molar-refractivity contribution in [2.45, 2.75) is 19.8 Å². The zero-order chi connectivity index (χ0) is 15.8. The van der Waals surface area contributed by atoms with Crippen LogP contribution in [0.4, 0.5) is 0 Å². The maximum absolute atomic E-state index is 12.1. The molecule has 5 nitrogen and oxygen atoms in total. The van der Waals surface area contributed by atoms with E-state index < -0.39 is 23.3 Å². The second kappa shape index (κ2) is 5.73. The standard InChI is InChI=1S/C14H14Cl2O5/c1-2-21-13(20)14(6-8(14)12(18)19)5-7-3-9(15)11(17)10(16)4-7/h3-4,8,17H,2,5-6H2,1H3,(H,18,19)/t8?,14-/m0/s1. The molecular weight excluding hydrogens is 319 g/mol. The Balaban J connectivity index is 2.29. The first-order valence-electron chi connectivity index (χ1n) is 6.38. The van der Waals surface area contributed by atoms with Crippen molar-refractivity contribution < 1.29 is 24.5 Å². The number of aromatic hydroxyl groups is 1. The maximum Gasteiger partial charge on any atom is 0.313 e. The highest BCUT2D eigenvalue weighted by atomic mass is 35.5. The first-order valence-corrected chi connectivity index (χ1v) is 7.14. The van der Waals surface area contributed by atoms with Gasteiger partial charge in [-0.1, -0.05) is 23.2 Å². The van der Waals surface area contributed by atoms with Crippen molar-refractivity contribution in [3.8, 4) is 5.75 Å². The molecule has 1 aromatic carbocycles. The molecule has 0 saturated heterocycles. The second-order valence-corrected chi connectivity index (χ2v) is 5.87. The lowest BCUT2D eigenvalue weighted by Crippen LogP contribution is -2.26. The Morgan fingerprint density at radius 2 is 1.95 bits per heavy atom. The highest BCUT2D eigenvalue weighted by Crippen LogP contribution is 2.56. The Labute approximate surface area is 131 Å². The summed E-state index contributed by atoms with van der Waals surface area (Å²) in [5.74, 6) is -2.57. The van der Waals surface area contributed by atoms with Crippen molar-refractivity contribution in [2.75, 3.05) is 6.61 Å². The quantitative estimate of drug-likeness (QED) is 0.810. The molecule has 1 aliphatic carbocycles. The van der Waals surface area contributed by atoms with Gasteiger partial charge in [-0.15, -0.1) is 0 Å². The summed E-state index contributed by atoms with van der Waals surface area (Å²) in [5, 5.41) is 18.8. The third-order valence-corrected chi connectivity index (χ3v) is 4.23. The highest BCUT2D eigenvalue weighted by molar-refractivity contribution is 6.37. The number of carbonyl (C=O) groups is 2. The fourth-order valence-corrected chi connectivity index (χ4v) is 3.01. The molecule has 0 bridgehead atoms. The molecule has 2 atom stereocenters. The van der Waals surface area contributed by atoms with E-state index in [0.717, 1.165) is 0 Å². The summed E-state index contributed by atoms with van der Waals surface area (Å²) >= 11 is 11.7. The van der Waals surface area contributed by atoms with Crippen molar-refractivity contribution in [3.05, 3.63) is 27.7 Å². The fraction of sp³-hybridized carbons (Fsp3) is 0.429. The van der Waals surface area contributed by atoms with Crippen LogP contribution in [-0.2, 0) is 20.7 Å². The molecule has 0 amide bonds. The van der Waals surface area contributed by atoms with E-state index in [1.165, 1.54) is 12.1 Å². The van der Waals surface area contributed by atoms with E-state index in [9.17, 15) is 14.7 Å². The van der Waals surface area contributed by atoms with E-state index in [2.05, 4.69) is 0 Å². The van der Waals surface area contributed by atoms with Gasteiger partial charge in [0.05, 0.1) is 28.0 Å². The number of benzene rings is 1. The van der Waals surface area contributed by atoms with E-state index in [1.54, 1.807) is 6.92 Å². The Hall–Kier alpha value is -1.46. The van der Waals surface area contributed by atoms with Gasteiger partial charge in [-0.3, -0.25) is 9.59 Å². The average Bonchev–Trinajstić information content (AvgIpc) is 3.12. The molecule has 21 heavy (non-hydrogen) atoms. The highest BCUT2D eigenvalue weighted by Gasteiger charge is 2.64. The number of aliphatic carboxylic acids is 1. The van der Waals surface area contributed by atoms with Crippen LogP contribution in [0.1, 0.15) is 18.9 Å². The van der Waals surface area contributed by atoms with Crippen molar-refractivity contribution in [1.82, 2.24) is 0 Å². The third-order valence-electron chi connectivity index (χ3n) is 3.65. The molecule has 0 aliphatic heterocycles. The monoisotopic (exact) mass is 332 g/mol. The zero-order valence-corrected chi connectivity index (χ0v) is 12.7. The van der Waals surface area contributed by atoms with Crippen LogP contribution in [0.25, 0.3) is 0 Å². The number of esters is 1. The lowest BCUT2D eigenvalue weighted by molar-refractivity contribution is -0.153. The minimum atomic E-state index is -1.08. The minimum absolute atomic E-state index is 0.0593. The number of phenolic OH excluding ortho intramolecular Hbond substituents is 1. The molecule has 114 valence electrons. The Morgan fingerprint density at radius 3 is 2.38 bits per heavy atom. The molecule has 1 saturated carbocycles. The summed E-state index contributed by atoms with van der Waals surface area (Å²) in [6, 6.07) is 2.95. The summed E-state index contributed by atoms with van der Waals surface area (Å²) in [6.07, 6.45) is 0.375. The first kappa shape index (κ1) is 15.9. The van der Waals surface area contributed by atoms with E-state index in [1.807, 2.05) is 0 Å². The van der Waals surface area contributed by atoms with E-state index in [0.29, 0.717) is 5.56 Å². The molecule has 1 fully saturated rings. The molecular formula is C14H14Cl2O5. The number of carboxylic acid groups (broad SMARTS) is 1. The lowest BCUT2D eigenvalue weighted by Gasteiger charge is -2.16. The molecule has 2 rings (SSSR count). The number of carbonyl (C=O) groups excluding carboxylic acids is 1. The summed E-state index contributed by atoms with van der Waals surface area (Å²) in [6.45, 7) is 1.85. The van der Waals surface area contributed by atoms with Gasteiger partial charge < -0.3 is 14.9 Å². The van der Waals surface area contributed by atoms with Gasteiger partial charge in [0.1, 0.15) is 0 Å². The SMILES string of the molecule is CCOC(=O)[C@@]1(Cc2cc(Cl)c(O)c(Cl)c2)CC1C(=O)O. The molecule has 0 radical (unpaired) electrons. The average molecular weight is 333 g/mol.